The van der Waals surface area contributed by atoms with Crippen molar-refractivity contribution in [3.8, 4) is 0 Å². The standard InChI is InChI=1S/C14H22BrN/c1-6-9(2)14(16-5)12-7-10(3)13(15)11(4)8-12/h7-9,14,16H,6H2,1-5H3. The van der Waals surface area contributed by atoms with Crippen LogP contribution in [0.2, 0.25) is 0 Å². The molecule has 0 aromatic heterocycles. The lowest BCUT2D eigenvalue weighted by Crippen LogP contribution is -2.23. The normalized spacial score (nSPS) is 14.9. The van der Waals surface area contributed by atoms with Crippen LogP contribution in [0.4, 0.5) is 0 Å². The van der Waals surface area contributed by atoms with Gasteiger partial charge < -0.3 is 5.32 Å². The maximum Gasteiger partial charge on any atom is 0.0343 e. The van der Waals surface area contributed by atoms with Crippen molar-refractivity contribution < 1.29 is 0 Å². The molecule has 90 valence electrons. The van der Waals surface area contributed by atoms with Crippen LogP contribution in [-0.4, -0.2) is 7.05 Å². The van der Waals surface area contributed by atoms with E-state index in [4.69, 9.17) is 0 Å². The van der Waals surface area contributed by atoms with E-state index in [2.05, 4.69) is 61.1 Å². The smallest absolute Gasteiger partial charge is 0.0343 e. The van der Waals surface area contributed by atoms with E-state index in [0.717, 1.165) is 0 Å². The molecular weight excluding hydrogens is 262 g/mol. The molecule has 16 heavy (non-hydrogen) atoms. The van der Waals surface area contributed by atoms with E-state index in [1.807, 2.05) is 7.05 Å². The third-order valence-electron chi connectivity index (χ3n) is 3.34. The molecule has 0 amide bonds. The number of aryl methyl sites for hydroxylation is 2. The fraction of sp³-hybridized carbons (Fsp3) is 0.571. The second kappa shape index (κ2) is 5.83. The van der Waals surface area contributed by atoms with E-state index >= 15 is 0 Å². The fourth-order valence-electron chi connectivity index (χ4n) is 2.17. The SMILES string of the molecule is CCC(C)C(NC)c1cc(C)c(Br)c(C)c1. The molecule has 0 spiro atoms. The first kappa shape index (κ1) is 13.7. The summed E-state index contributed by atoms with van der Waals surface area (Å²) in [7, 11) is 2.05. The molecule has 1 rings (SSSR count). The van der Waals surface area contributed by atoms with Gasteiger partial charge in [-0.2, -0.15) is 0 Å². The molecule has 0 aliphatic rings. The second-order valence-electron chi connectivity index (χ2n) is 4.62. The summed E-state index contributed by atoms with van der Waals surface area (Å²) in [5.74, 6) is 0.657. The monoisotopic (exact) mass is 283 g/mol. The zero-order chi connectivity index (χ0) is 12.3. The van der Waals surface area contributed by atoms with E-state index in [-0.39, 0.29) is 0 Å². The number of rotatable bonds is 4. The van der Waals surface area contributed by atoms with Crippen LogP contribution in [0.25, 0.3) is 0 Å². The van der Waals surface area contributed by atoms with Gasteiger partial charge in [-0.25, -0.2) is 0 Å². The third-order valence-corrected chi connectivity index (χ3v) is 4.59. The van der Waals surface area contributed by atoms with E-state index < -0.39 is 0 Å². The molecule has 2 atom stereocenters. The van der Waals surface area contributed by atoms with Gasteiger partial charge in [-0.15, -0.1) is 0 Å². The Morgan fingerprint density at radius 2 is 1.75 bits per heavy atom. The summed E-state index contributed by atoms with van der Waals surface area (Å²) >= 11 is 3.62. The molecular formula is C14H22BrN. The summed E-state index contributed by atoms with van der Waals surface area (Å²) < 4.78 is 1.23. The van der Waals surface area contributed by atoms with Gasteiger partial charge in [-0.1, -0.05) is 48.3 Å². The number of halogens is 1. The molecule has 2 unspecified atom stereocenters. The van der Waals surface area contributed by atoms with Crippen LogP contribution in [0, 0.1) is 19.8 Å². The molecule has 1 aromatic rings. The summed E-state index contributed by atoms with van der Waals surface area (Å²) in [6.07, 6.45) is 1.19. The second-order valence-corrected chi connectivity index (χ2v) is 5.41. The summed E-state index contributed by atoms with van der Waals surface area (Å²) in [6.45, 7) is 8.86. The number of hydrogen-bond acceptors (Lipinski definition) is 1. The Kier molecular flexibility index (Phi) is 5.00. The van der Waals surface area contributed by atoms with Gasteiger partial charge in [-0.05, 0) is 43.5 Å². The summed E-state index contributed by atoms with van der Waals surface area (Å²) in [5.41, 5.74) is 4.03. The molecule has 0 aliphatic heterocycles. The molecule has 1 N–H and O–H groups in total. The van der Waals surface area contributed by atoms with E-state index in [1.165, 1.54) is 27.6 Å². The highest BCUT2D eigenvalue weighted by Crippen LogP contribution is 2.29. The molecule has 2 heteroatoms. The summed E-state index contributed by atoms with van der Waals surface area (Å²) in [4.78, 5) is 0. The maximum atomic E-state index is 3.62. The minimum absolute atomic E-state index is 0.454. The minimum Gasteiger partial charge on any atom is -0.313 e. The largest absolute Gasteiger partial charge is 0.313 e. The van der Waals surface area contributed by atoms with Crippen LogP contribution in [0.15, 0.2) is 16.6 Å². The maximum absolute atomic E-state index is 3.62. The predicted molar refractivity (Wildman–Crippen MR) is 74.9 cm³/mol. The van der Waals surface area contributed by atoms with Crippen molar-refractivity contribution in [2.45, 2.75) is 40.2 Å². The highest BCUT2D eigenvalue weighted by Gasteiger charge is 2.17. The van der Waals surface area contributed by atoms with Gasteiger partial charge in [0.25, 0.3) is 0 Å². The molecule has 0 heterocycles. The van der Waals surface area contributed by atoms with Gasteiger partial charge in [0.05, 0.1) is 0 Å². The average Bonchev–Trinajstić information content (AvgIpc) is 2.26. The van der Waals surface area contributed by atoms with Crippen LogP contribution >= 0.6 is 15.9 Å². The number of nitrogens with one attached hydrogen (secondary N) is 1. The van der Waals surface area contributed by atoms with Crippen LogP contribution in [0.5, 0.6) is 0 Å². The van der Waals surface area contributed by atoms with E-state index in [9.17, 15) is 0 Å². The lowest BCUT2D eigenvalue weighted by molar-refractivity contribution is 0.400. The van der Waals surface area contributed by atoms with Gasteiger partial charge in [0, 0.05) is 10.5 Å². The molecule has 0 saturated carbocycles. The van der Waals surface area contributed by atoms with Crippen molar-refractivity contribution in [2.75, 3.05) is 7.05 Å². The number of hydrogen-bond donors (Lipinski definition) is 1. The molecule has 0 saturated heterocycles. The van der Waals surface area contributed by atoms with Gasteiger partial charge >= 0.3 is 0 Å². The molecule has 0 aliphatic carbocycles. The van der Waals surface area contributed by atoms with Crippen molar-refractivity contribution in [1.82, 2.24) is 5.32 Å². The van der Waals surface area contributed by atoms with Gasteiger partial charge in [-0.3, -0.25) is 0 Å². The molecule has 1 nitrogen and oxygen atoms in total. The first-order chi connectivity index (χ1) is 7.51. The highest BCUT2D eigenvalue weighted by atomic mass is 79.9. The first-order valence-corrected chi connectivity index (χ1v) is 6.74. The van der Waals surface area contributed by atoms with Crippen molar-refractivity contribution >= 4 is 15.9 Å². The van der Waals surface area contributed by atoms with Crippen molar-refractivity contribution in [3.05, 3.63) is 33.3 Å². The third kappa shape index (κ3) is 2.86. The lowest BCUT2D eigenvalue weighted by atomic mass is 9.91. The lowest BCUT2D eigenvalue weighted by Gasteiger charge is -2.24. The van der Waals surface area contributed by atoms with E-state index in [1.54, 1.807) is 0 Å². The highest BCUT2D eigenvalue weighted by molar-refractivity contribution is 9.10. The quantitative estimate of drug-likeness (QED) is 0.865. The Hall–Kier alpha value is -0.340. The summed E-state index contributed by atoms with van der Waals surface area (Å²) in [5, 5.41) is 3.43. The zero-order valence-electron chi connectivity index (χ0n) is 10.9. The average molecular weight is 284 g/mol. The van der Waals surface area contributed by atoms with Crippen LogP contribution in [0.3, 0.4) is 0 Å². The fourth-order valence-corrected chi connectivity index (χ4v) is 2.40. The Labute approximate surface area is 108 Å². The van der Waals surface area contributed by atoms with Crippen LogP contribution in [0.1, 0.15) is 43.0 Å². The van der Waals surface area contributed by atoms with Gasteiger partial charge in [0.2, 0.25) is 0 Å². The molecule has 0 radical (unpaired) electrons. The van der Waals surface area contributed by atoms with Gasteiger partial charge in [0.15, 0.2) is 0 Å². The van der Waals surface area contributed by atoms with Gasteiger partial charge in [0.1, 0.15) is 0 Å². The Bertz CT molecular complexity index is 337. The Balaban J connectivity index is 3.11. The van der Waals surface area contributed by atoms with E-state index in [0.29, 0.717) is 12.0 Å². The van der Waals surface area contributed by atoms with Crippen molar-refractivity contribution in [1.29, 1.82) is 0 Å². The minimum atomic E-state index is 0.454. The Morgan fingerprint density at radius 1 is 1.25 bits per heavy atom. The summed E-state index contributed by atoms with van der Waals surface area (Å²) in [6, 6.07) is 5.02. The Morgan fingerprint density at radius 3 is 2.12 bits per heavy atom. The topological polar surface area (TPSA) is 12.0 Å². The van der Waals surface area contributed by atoms with Crippen LogP contribution in [-0.2, 0) is 0 Å². The van der Waals surface area contributed by atoms with Crippen molar-refractivity contribution in [2.24, 2.45) is 5.92 Å². The zero-order valence-corrected chi connectivity index (χ0v) is 12.5. The first-order valence-electron chi connectivity index (χ1n) is 5.95. The predicted octanol–water partition coefficient (Wildman–Crippen LogP) is 4.37. The number of benzene rings is 1. The molecule has 0 bridgehead atoms. The molecule has 1 aromatic carbocycles. The molecule has 0 fully saturated rings. The van der Waals surface area contributed by atoms with Crippen LogP contribution < -0.4 is 5.32 Å². The van der Waals surface area contributed by atoms with Crippen molar-refractivity contribution in [3.63, 3.8) is 0 Å².